The Morgan fingerprint density at radius 1 is 0.929 bits per heavy atom. The van der Waals surface area contributed by atoms with Gasteiger partial charge in [-0.05, 0) is 6.07 Å². The van der Waals surface area contributed by atoms with Crippen molar-refractivity contribution >= 4 is 34.2 Å². The molecule has 5 rings (SSSR count). The number of anilines is 1. The molecule has 0 radical (unpaired) electrons. The maximum atomic E-state index is 12.9. The van der Waals surface area contributed by atoms with Crippen LogP contribution in [0.3, 0.4) is 0 Å². The van der Waals surface area contributed by atoms with Crippen molar-refractivity contribution in [2.75, 3.05) is 5.32 Å². The zero-order valence-corrected chi connectivity index (χ0v) is 15.8. The Kier molecular flexibility index (Phi) is 4.33. The molecule has 0 saturated heterocycles. The summed E-state index contributed by atoms with van der Waals surface area (Å²) in [4.78, 5) is 22.4. The molecule has 0 aromatic heterocycles. The summed E-state index contributed by atoms with van der Waals surface area (Å²) in [7, 11) is 0. The maximum Gasteiger partial charge on any atom is 0.269 e. The highest BCUT2D eigenvalue weighted by molar-refractivity contribution is 8.14. The minimum absolute atomic E-state index is 0.112. The van der Waals surface area contributed by atoms with Gasteiger partial charge in [0.15, 0.2) is 5.17 Å². The highest BCUT2D eigenvalue weighted by Gasteiger charge is 2.32. The largest absolute Gasteiger partial charge is 0.335 e. The van der Waals surface area contributed by atoms with Gasteiger partial charge in [0, 0.05) is 11.1 Å². The third kappa shape index (κ3) is 3.16. The second kappa shape index (κ2) is 7.13. The van der Waals surface area contributed by atoms with Gasteiger partial charge in [0.1, 0.15) is 0 Å². The monoisotopic (exact) mass is 386 g/mol. The van der Waals surface area contributed by atoms with Crippen LogP contribution in [-0.4, -0.2) is 34.2 Å². The summed E-state index contributed by atoms with van der Waals surface area (Å²) < 4.78 is 0. The van der Waals surface area contributed by atoms with Crippen LogP contribution < -0.4 is 10.6 Å². The molecule has 2 N–H and O–H groups in total. The van der Waals surface area contributed by atoms with Gasteiger partial charge in [0.25, 0.3) is 5.91 Å². The van der Waals surface area contributed by atoms with Crippen molar-refractivity contribution in [1.29, 1.82) is 0 Å². The van der Waals surface area contributed by atoms with Crippen LogP contribution in [0, 0.1) is 0 Å². The first-order valence-electron chi connectivity index (χ1n) is 9.17. The van der Waals surface area contributed by atoms with Crippen molar-refractivity contribution in [2.45, 2.75) is 17.5 Å². The summed E-state index contributed by atoms with van der Waals surface area (Å²) in [6.45, 7) is 0. The molecule has 0 spiro atoms. The van der Waals surface area contributed by atoms with E-state index < -0.39 is 6.17 Å². The number of fused-ring (bicyclic) bond motifs is 2. The lowest BCUT2D eigenvalue weighted by molar-refractivity contribution is -0.117. The van der Waals surface area contributed by atoms with Crippen molar-refractivity contribution in [3.05, 3.63) is 90.0 Å². The second-order valence-corrected chi connectivity index (χ2v) is 7.87. The third-order valence-corrected chi connectivity index (χ3v) is 5.98. The predicted molar refractivity (Wildman–Crippen MR) is 115 cm³/mol. The van der Waals surface area contributed by atoms with E-state index in [1.54, 1.807) is 11.8 Å². The van der Waals surface area contributed by atoms with E-state index in [1.165, 1.54) is 0 Å². The number of amidine groups is 1. The number of benzene rings is 2. The number of aliphatic imine (C=N–C) groups is 2. The molecule has 3 aliphatic rings. The number of benzodiazepines with no additional fused rings is 1. The Labute approximate surface area is 167 Å². The summed E-state index contributed by atoms with van der Waals surface area (Å²) in [5, 5.41) is 7.26. The number of allylic oxidation sites excluding steroid dienone is 2. The molecule has 28 heavy (non-hydrogen) atoms. The van der Waals surface area contributed by atoms with Crippen molar-refractivity contribution in [2.24, 2.45) is 9.98 Å². The fraction of sp³-hybridized carbons (Fsp3) is 0.136. The van der Waals surface area contributed by atoms with Gasteiger partial charge in [-0.2, -0.15) is 0 Å². The molecular weight excluding hydrogens is 368 g/mol. The Morgan fingerprint density at radius 3 is 2.57 bits per heavy atom. The van der Waals surface area contributed by atoms with Crippen LogP contribution in [0.25, 0.3) is 0 Å². The highest BCUT2D eigenvalue weighted by Crippen LogP contribution is 2.30. The second-order valence-electron chi connectivity index (χ2n) is 6.70. The van der Waals surface area contributed by atoms with Crippen LogP contribution in [-0.2, 0) is 4.79 Å². The van der Waals surface area contributed by atoms with Crippen molar-refractivity contribution < 1.29 is 4.79 Å². The number of carbonyl (C=O) groups excluding carboxylic acids is 1. The van der Waals surface area contributed by atoms with Gasteiger partial charge in [0.05, 0.1) is 22.7 Å². The summed E-state index contributed by atoms with van der Waals surface area (Å²) in [5.41, 5.74) is 3.43. The smallest absolute Gasteiger partial charge is 0.269 e. The Bertz CT molecular complexity index is 1040. The van der Waals surface area contributed by atoms with Gasteiger partial charge < -0.3 is 10.6 Å². The van der Waals surface area contributed by atoms with E-state index in [9.17, 15) is 4.79 Å². The molecule has 5 nitrogen and oxygen atoms in total. The molecule has 138 valence electrons. The number of para-hydroxylation sites is 1. The minimum atomic E-state index is -0.748. The van der Waals surface area contributed by atoms with Crippen LogP contribution in [0.4, 0.5) is 5.69 Å². The van der Waals surface area contributed by atoms with Gasteiger partial charge in [-0.25, -0.2) is 4.99 Å². The molecular formula is C22H18N4OS. The Hall–Kier alpha value is -3.12. The summed E-state index contributed by atoms with van der Waals surface area (Å²) >= 11 is 1.63. The third-order valence-electron chi connectivity index (χ3n) is 4.82. The van der Waals surface area contributed by atoms with Crippen molar-refractivity contribution in [1.82, 2.24) is 5.32 Å². The van der Waals surface area contributed by atoms with Crippen LogP contribution in [0.1, 0.15) is 11.1 Å². The normalized spacial score (nSPS) is 25.1. The number of nitrogens with one attached hydrogen (secondary N) is 2. The topological polar surface area (TPSA) is 65.8 Å². The molecule has 0 fully saturated rings. The number of thioether (sulfide) groups is 1. The fourth-order valence-electron chi connectivity index (χ4n) is 3.46. The van der Waals surface area contributed by atoms with Crippen molar-refractivity contribution in [3.8, 4) is 0 Å². The molecule has 0 bridgehead atoms. The molecule has 2 aromatic rings. The SMILES string of the molecule is O=C1Nc2ccccc2C(c2ccccc2)=NC1NC1=NC2C=CC=CC2S1. The van der Waals surface area contributed by atoms with E-state index in [2.05, 4.69) is 22.8 Å². The maximum absolute atomic E-state index is 12.9. The van der Waals surface area contributed by atoms with Gasteiger partial charge >= 0.3 is 0 Å². The Balaban J connectivity index is 1.51. The zero-order valence-electron chi connectivity index (χ0n) is 14.9. The molecule has 2 heterocycles. The lowest BCUT2D eigenvalue weighted by Gasteiger charge is -2.14. The molecule has 2 aromatic carbocycles. The van der Waals surface area contributed by atoms with Crippen LogP contribution in [0.2, 0.25) is 0 Å². The van der Waals surface area contributed by atoms with Crippen LogP contribution >= 0.6 is 11.8 Å². The standard InChI is InChI=1S/C22H18N4OS/c27-21-20(26-22-24-17-12-6-7-13-18(17)28-22)25-19(14-8-2-1-3-9-14)15-10-4-5-11-16(15)23-21/h1-13,17-18,20H,(H,23,27)(H,24,26). The average molecular weight is 386 g/mol. The number of nitrogens with zero attached hydrogens (tertiary/aromatic N) is 2. The first kappa shape index (κ1) is 17.0. The first-order valence-corrected chi connectivity index (χ1v) is 10.1. The number of carbonyl (C=O) groups is 1. The fourth-order valence-corrected chi connectivity index (χ4v) is 4.54. The molecule has 3 atom stereocenters. The number of hydrogen-bond donors (Lipinski definition) is 2. The molecule has 1 aliphatic carbocycles. The van der Waals surface area contributed by atoms with E-state index in [-0.39, 0.29) is 17.2 Å². The number of amides is 1. The molecule has 6 heteroatoms. The molecule has 2 aliphatic heterocycles. The summed E-state index contributed by atoms with van der Waals surface area (Å²) in [5.74, 6) is -0.192. The van der Waals surface area contributed by atoms with E-state index in [0.717, 1.165) is 27.7 Å². The number of hydrogen-bond acceptors (Lipinski definition) is 5. The average Bonchev–Trinajstić information content (AvgIpc) is 3.08. The van der Waals surface area contributed by atoms with E-state index in [4.69, 9.17) is 9.98 Å². The molecule has 3 unspecified atom stereocenters. The lowest BCUT2D eigenvalue weighted by Crippen LogP contribution is -2.41. The Morgan fingerprint density at radius 2 is 1.71 bits per heavy atom. The van der Waals surface area contributed by atoms with Crippen molar-refractivity contribution in [3.63, 3.8) is 0 Å². The van der Waals surface area contributed by atoms with Gasteiger partial charge in [0.2, 0.25) is 6.17 Å². The van der Waals surface area contributed by atoms with Gasteiger partial charge in [-0.1, -0.05) is 84.6 Å². The summed E-state index contributed by atoms with van der Waals surface area (Å²) in [6, 6.07) is 17.8. The quantitative estimate of drug-likeness (QED) is 0.832. The van der Waals surface area contributed by atoms with Crippen LogP contribution in [0.5, 0.6) is 0 Å². The van der Waals surface area contributed by atoms with E-state index >= 15 is 0 Å². The zero-order chi connectivity index (χ0) is 18.9. The highest BCUT2D eigenvalue weighted by atomic mass is 32.2. The van der Waals surface area contributed by atoms with Gasteiger partial charge in [-0.3, -0.25) is 9.79 Å². The predicted octanol–water partition coefficient (Wildman–Crippen LogP) is 3.36. The first-order chi connectivity index (χ1) is 13.8. The van der Waals surface area contributed by atoms with Gasteiger partial charge in [-0.15, -0.1) is 0 Å². The minimum Gasteiger partial charge on any atom is -0.335 e. The van der Waals surface area contributed by atoms with E-state index in [0.29, 0.717) is 0 Å². The summed E-state index contributed by atoms with van der Waals surface area (Å²) in [6.07, 6.45) is 7.51. The molecule has 1 amide bonds. The van der Waals surface area contributed by atoms with Crippen LogP contribution in [0.15, 0.2) is 88.9 Å². The molecule has 0 saturated carbocycles. The number of rotatable bonds is 2. The van der Waals surface area contributed by atoms with E-state index in [1.807, 2.05) is 66.7 Å². The lowest BCUT2D eigenvalue weighted by atomic mass is 10.0.